The highest BCUT2D eigenvalue weighted by Crippen LogP contribution is 2.15. The lowest BCUT2D eigenvalue weighted by Gasteiger charge is -2.24. The van der Waals surface area contributed by atoms with Gasteiger partial charge in [-0.15, -0.1) is 0 Å². The lowest BCUT2D eigenvalue weighted by atomic mass is 10.1. The van der Waals surface area contributed by atoms with E-state index in [1.54, 1.807) is 0 Å². The van der Waals surface area contributed by atoms with Crippen molar-refractivity contribution in [1.29, 1.82) is 5.26 Å². The molecule has 0 unspecified atom stereocenters. The van der Waals surface area contributed by atoms with Crippen LogP contribution in [0.1, 0.15) is 43.2 Å². The highest BCUT2D eigenvalue weighted by atomic mass is 15.1. The highest BCUT2D eigenvalue weighted by molar-refractivity contribution is 5.37. The lowest BCUT2D eigenvalue weighted by molar-refractivity contribution is 0.239. The molecule has 17 heavy (non-hydrogen) atoms. The second-order valence-corrected chi connectivity index (χ2v) is 4.81. The summed E-state index contributed by atoms with van der Waals surface area (Å²) < 4.78 is 0. The fourth-order valence-corrected chi connectivity index (χ4v) is 2.48. The molecule has 1 aliphatic heterocycles. The van der Waals surface area contributed by atoms with Gasteiger partial charge in [-0.05, 0) is 37.6 Å². The van der Waals surface area contributed by atoms with Crippen LogP contribution in [-0.4, -0.2) is 18.0 Å². The lowest BCUT2D eigenvalue weighted by Crippen LogP contribution is -2.27. The van der Waals surface area contributed by atoms with E-state index in [1.165, 1.54) is 50.8 Å². The van der Waals surface area contributed by atoms with Gasteiger partial charge in [0.05, 0.1) is 11.6 Å². The van der Waals surface area contributed by atoms with Crippen LogP contribution in [0.2, 0.25) is 0 Å². The molecular formula is C15H20N2. The molecule has 0 radical (unpaired) electrons. The molecule has 1 fully saturated rings. The third kappa shape index (κ3) is 3.57. The molecular weight excluding hydrogens is 208 g/mol. The largest absolute Gasteiger partial charge is 0.299 e. The molecule has 2 nitrogen and oxygen atoms in total. The van der Waals surface area contributed by atoms with Gasteiger partial charge in [0, 0.05) is 6.54 Å². The highest BCUT2D eigenvalue weighted by Gasteiger charge is 2.10. The summed E-state index contributed by atoms with van der Waals surface area (Å²) in [6, 6.07) is 10.3. The van der Waals surface area contributed by atoms with E-state index in [1.807, 2.05) is 18.2 Å². The average Bonchev–Trinajstić information content (AvgIpc) is 2.33. The van der Waals surface area contributed by atoms with Gasteiger partial charge in [-0.25, -0.2) is 0 Å². The second-order valence-electron chi connectivity index (χ2n) is 4.81. The first-order chi connectivity index (χ1) is 8.40. The Morgan fingerprint density at radius 2 is 1.65 bits per heavy atom. The molecule has 0 spiro atoms. The van der Waals surface area contributed by atoms with Crippen molar-refractivity contribution in [3.63, 3.8) is 0 Å². The maximum atomic E-state index is 9.08. The molecule has 90 valence electrons. The second kappa shape index (κ2) is 6.42. The van der Waals surface area contributed by atoms with Gasteiger partial charge in [-0.1, -0.05) is 37.5 Å². The molecule has 0 atom stereocenters. The molecule has 2 rings (SSSR count). The van der Waals surface area contributed by atoms with Crippen LogP contribution < -0.4 is 0 Å². The van der Waals surface area contributed by atoms with Gasteiger partial charge in [0.1, 0.15) is 0 Å². The molecule has 1 heterocycles. The van der Waals surface area contributed by atoms with Crippen LogP contribution in [0.15, 0.2) is 24.3 Å². The molecule has 0 amide bonds. The molecule has 1 saturated heterocycles. The molecule has 2 heteroatoms. The molecule has 0 N–H and O–H groups in total. The fraction of sp³-hybridized carbons (Fsp3) is 0.533. The number of nitrogens with zero attached hydrogens (tertiary/aromatic N) is 2. The SMILES string of the molecule is N#Cc1ccccc1CN1CCCCCCC1. The summed E-state index contributed by atoms with van der Waals surface area (Å²) in [5, 5.41) is 9.08. The van der Waals surface area contributed by atoms with E-state index in [0.717, 1.165) is 12.1 Å². The van der Waals surface area contributed by atoms with Gasteiger partial charge < -0.3 is 0 Å². The van der Waals surface area contributed by atoms with E-state index < -0.39 is 0 Å². The number of hydrogen-bond acceptors (Lipinski definition) is 2. The summed E-state index contributed by atoms with van der Waals surface area (Å²) in [6.07, 6.45) is 6.71. The summed E-state index contributed by atoms with van der Waals surface area (Å²) in [5.41, 5.74) is 2.00. The minimum Gasteiger partial charge on any atom is -0.299 e. The Morgan fingerprint density at radius 1 is 1.00 bits per heavy atom. The third-order valence-corrected chi connectivity index (χ3v) is 3.48. The molecule has 1 aromatic carbocycles. The number of benzene rings is 1. The van der Waals surface area contributed by atoms with Crippen molar-refractivity contribution in [2.24, 2.45) is 0 Å². The topological polar surface area (TPSA) is 27.0 Å². The fourth-order valence-electron chi connectivity index (χ4n) is 2.48. The first kappa shape index (κ1) is 12.1. The normalized spacial score (nSPS) is 18.1. The van der Waals surface area contributed by atoms with Crippen molar-refractivity contribution in [3.8, 4) is 6.07 Å². The summed E-state index contributed by atoms with van der Waals surface area (Å²) in [7, 11) is 0. The number of likely N-dealkylation sites (tertiary alicyclic amines) is 1. The number of nitriles is 1. The van der Waals surface area contributed by atoms with E-state index in [0.29, 0.717) is 0 Å². The predicted octanol–water partition coefficient (Wildman–Crippen LogP) is 3.32. The molecule has 0 aromatic heterocycles. The molecule has 0 bridgehead atoms. The van der Waals surface area contributed by atoms with Crippen LogP contribution in [0.3, 0.4) is 0 Å². The summed E-state index contributed by atoms with van der Waals surface area (Å²) in [5.74, 6) is 0. The Morgan fingerprint density at radius 3 is 2.35 bits per heavy atom. The molecule has 0 saturated carbocycles. The molecule has 1 aliphatic rings. The quantitative estimate of drug-likeness (QED) is 0.776. The first-order valence-corrected chi connectivity index (χ1v) is 6.60. The van der Waals surface area contributed by atoms with Crippen molar-refractivity contribution in [2.45, 2.75) is 38.6 Å². The van der Waals surface area contributed by atoms with Crippen LogP contribution in [0.25, 0.3) is 0 Å². The Bertz CT molecular complexity index is 384. The Balaban J connectivity index is 2.01. The zero-order chi connectivity index (χ0) is 11.9. The van der Waals surface area contributed by atoms with E-state index in [9.17, 15) is 0 Å². The third-order valence-electron chi connectivity index (χ3n) is 3.48. The van der Waals surface area contributed by atoms with Gasteiger partial charge in [-0.2, -0.15) is 5.26 Å². The van der Waals surface area contributed by atoms with Gasteiger partial charge >= 0.3 is 0 Å². The molecule has 1 aromatic rings. The Labute approximate surface area is 104 Å². The standard InChI is InChI=1S/C15H20N2/c16-12-14-8-4-5-9-15(14)13-17-10-6-2-1-3-7-11-17/h4-5,8-9H,1-3,6-7,10-11,13H2. The van der Waals surface area contributed by atoms with E-state index in [4.69, 9.17) is 5.26 Å². The van der Waals surface area contributed by atoms with Crippen LogP contribution >= 0.6 is 0 Å². The number of hydrogen-bond donors (Lipinski definition) is 0. The Kier molecular flexibility index (Phi) is 4.58. The van der Waals surface area contributed by atoms with Crippen molar-refractivity contribution in [1.82, 2.24) is 4.90 Å². The van der Waals surface area contributed by atoms with Gasteiger partial charge in [-0.3, -0.25) is 4.90 Å². The number of rotatable bonds is 2. The van der Waals surface area contributed by atoms with Crippen LogP contribution in [0.5, 0.6) is 0 Å². The predicted molar refractivity (Wildman–Crippen MR) is 69.5 cm³/mol. The summed E-state index contributed by atoms with van der Waals surface area (Å²) >= 11 is 0. The van der Waals surface area contributed by atoms with Crippen LogP contribution in [0.4, 0.5) is 0 Å². The average molecular weight is 228 g/mol. The summed E-state index contributed by atoms with van der Waals surface area (Å²) in [4.78, 5) is 2.50. The zero-order valence-corrected chi connectivity index (χ0v) is 10.4. The maximum Gasteiger partial charge on any atom is 0.0995 e. The monoisotopic (exact) mass is 228 g/mol. The smallest absolute Gasteiger partial charge is 0.0995 e. The molecule has 0 aliphatic carbocycles. The maximum absolute atomic E-state index is 9.08. The van der Waals surface area contributed by atoms with Crippen LogP contribution in [0, 0.1) is 11.3 Å². The van der Waals surface area contributed by atoms with E-state index in [-0.39, 0.29) is 0 Å². The summed E-state index contributed by atoms with van der Waals surface area (Å²) in [6.45, 7) is 3.29. The zero-order valence-electron chi connectivity index (χ0n) is 10.4. The minimum absolute atomic E-state index is 0.828. The Hall–Kier alpha value is -1.33. The first-order valence-electron chi connectivity index (χ1n) is 6.60. The van der Waals surface area contributed by atoms with Crippen LogP contribution in [-0.2, 0) is 6.54 Å². The van der Waals surface area contributed by atoms with E-state index >= 15 is 0 Å². The van der Waals surface area contributed by atoms with Gasteiger partial charge in [0.25, 0.3) is 0 Å². The van der Waals surface area contributed by atoms with Crippen molar-refractivity contribution in [2.75, 3.05) is 13.1 Å². The van der Waals surface area contributed by atoms with Crippen molar-refractivity contribution in [3.05, 3.63) is 35.4 Å². The van der Waals surface area contributed by atoms with Gasteiger partial charge in [0.15, 0.2) is 0 Å². The van der Waals surface area contributed by atoms with E-state index in [2.05, 4.69) is 17.0 Å². The van der Waals surface area contributed by atoms with Crippen molar-refractivity contribution < 1.29 is 0 Å². The van der Waals surface area contributed by atoms with Crippen molar-refractivity contribution >= 4 is 0 Å². The minimum atomic E-state index is 0.828. The van der Waals surface area contributed by atoms with Gasteiger partial charge in [0.2, 0.25) is 0 Å².